The summed E-state index contributed by atoms with van der Waals surface area (Å²) >= 11 is 0. The number of rotatable bonds is 0. The van der Waals surface area contributed by atoms with Gasteiger partial charge in [-0.05, 0) is 0 Å². The van der Waals surface area contributed by atoms with E-state index in [2.05, 4.69) is 0 Å². The number of hydrogen-bond acceptors (Lipinski definition) is 7. The molecule has 0 spiro atoms. The van der Waals surface area contributed by atoms with E-state index in [0.29, 0.717) is 0 Å². The van der Waals surface area contributed by atoms with Gasteiger partial charge in [0.25, 0.3) is 0 Å². The third-order valence-corrected chi connectivity index (χ3v) is 6.85. The van der Waals surface area contributed by atoms with Gasteiger partial charge in [-0.2, -0.15) is 0 Å². The standard InChI is InChI=1S/7CN.Fe/c7*1-2;. The minimum absolute atomic E-state index is 0.830. The van der Waals surface area contributed by atoms with Gasteiger partial charge in [-0.3, -0.25) is 0 Å². The first-order valence-corrected chi connectivity index (χ1v) is 6.67. The average molecular weight is 238 g/mol. The van der Waals surface area contributed by atoms with E-state index in [1.165, 1.54) is 0 Å². The molecular formula is C7FeN7. The summed E-state index contributed by atoms with van der Waals surface area (Å²) < 4.78 is 0. The molecule has 0 aliphatic rings. The van der Waals surface area contributed by atoms with Crippen molar-refractivity contribution in [1.82, 2.24) is 0 Å². The summed E-state index contributed by atoms with van der Waals surface area (Å²) in [6, 6.07) is 0. The third kappa shape index (κ3) is 0.578. The van der Waals surface area contributed by atoms with Gasteiger partial charge in [0.05, 0.1) is 0 Å². The third-order valence-electron chi connectivity index (χ3n) is 1.66. The Balaban J connectivity index is 7.97. The van der Waals surface area contributed by atoms with Gasteiger partial charge in [0.2, 0.25) is 0 Å². The molecule has 0 aliphatic carbocycles. The van der Waals surface area contributed by atoms with Crippen molar-refractivity contribution >= 4 is 0 Å². The van der Waals surface area contributed by atoms with Crippen molar-refractivity contribution in [3.8, 4) is 34.8 Å². The fourth-order valence-electron chi connectivity index (χ4n) is 0.371. The molecule has 0 N–H and O–H groups in total. The van der Waals surface area contributed by atoms with E-state index in [1.54, 1.807) is 0 Å². The van der Waals surface area contributed by atoms with Crippen LogP contribution in [0.1, 0.15) is 0 Å². The Morgan fingerprint density at radius 2 is 0.533 bits per heavy atom. The van der Waals surface area contributed by atoms with Crippen molar-refractivity contribution in [3.63, 3.8) is 0 Å². The topological polar surface area (TPSA) is 167 Å². The van der Waals surface area contributed by atoms with E-state index in [0.717, 1.165) is 34.8 Å². The first kappa shape index (κ1) is 11.9. The van der Waals surface area contributed by atoms with Crippen LogP contribution in [0.5, 0.6) is 0 Å². The molecule has 0 aliphatic heterocycles. The Labute approximate surface area is 81.7 Å². The Hall–Kier alpha value is -3.05. The Bertz CT molecular complexity index is 496. The second kappa shape index (κ2) is 1.74. The van der Waals surface area contributed by atoms with Crippen LogP contribution in [-0.4, -0.2) is 0 Å². The van der Waals surface area contributed by atoms with E-state index in [1.807, 2.05) is 0 Å². The second-order valence-electron chi connectivity index (χ2n) is 2.41. The molecule has 15 heavy (non-hydrogen) atoms. The van der Waals surface area contributed by atoms with Gasteiger partial charge in [0.1, 0.15) is 0 Å². The van der Waals surface area contributed by atoms with Crippen molar-refractivity contribution in [2.75, 3.05) is 0 Å². The van der Waals surface area contributed by atoms with Crippen LogP contribution < -0.4 is 0 Å². The maximum absolute atomic E-state index is 8.81. The van der Waals surface area contributed by atoms with Crippen LogP contribution in [0.3, 0.4) is 0 Å². The van der Waals surface area contributed by atoms with E-state index < -0.39 is 9.68 Å². The molecule has 0 saturated carbocycles. The zero-order chi connectivity index (χ0) is 12.3. The summed E-state index contributed by atoms with van der Waals surface area (Å²) in [6.45, 7) is 0. The maximum atomic E-state index is 8.81. The first-order valence-electron chi connectivity index (χ1n) is 2.80. The van der Waals surface area contributed by atoms with Crippen molar-refractivity contribution < 1.29 is 9.68 Å². The van der Waals surface area contributed by atoms with E-state index >= 15 is 0 Å². The summed E-state index contributed by atoms with van der Waals surface area (Å²) in [7, 11) is -7.53. The normalized spacial score (nSPS) is 15.4. The van der Waals surface area contributed by atoms with Gasteiger partial charge in [0.15, 0.2) is 0 Å². The zero-order valence-corrected chi connectivity index (χ0v) is 8.09. The molecular weight excluding hydrogens is 238 g/mol. The molecule has 0 aromatic rings. The molecule has 0 atom stereocenters. The van der Waals surface area contributed by atoms with Crippen LogP contribution in [0, 0.1) is 71.6 Å². The van der Waals surface area contributed by atoms with E-state index in [4.69, 9.17) is 36.8 Å². The summed E-state index contributed by atoms with van der Waals surface area (Å²) in [4.78, 5) is 5.81. The molecule has 0 aromatic heterocycles. The Morgan fingerprint density at radius 3 is 0.533 bits per heavy atom. The van der Waals surface area contributed by atoms with Crippen LogP contribution in [-0.2, 0) is 9.68 Å². The first-order chi connectivity index (χ1) is 6.82. The molecule has 0 aromatic carbocycles. The monoisotopic (exact) mass is 238 g/mol. The molecule has 0 fully saturated rings. The molecule has 0 unspecified atom stereocenters. The number of nitriles is 7. The molecule has 71 valence electrons. The van der Waals surface area contributed by atoms with Gasteiger partial charge >= 0.3 is 81.3 Å². The summed E-state index contributed by atoms with van der Waals surface area (Å²) in [5, 5.41) is 61.6. The van der Waals surface area contributed by atoms with E-state index in [9.17, 15) is 0 Å². The van der Waals surface area contributed by atoms with Gasteiger partial charge in [0, 0.05) is 0 Å². The molecule has 0 heterocycles. The summed E-state index contributed by atoms with van der Waals surface area (Å²) in [5.74, 6) is 0. The number of nitrogens with zero attached hydrogens (tertiary/aromatic N) is 7. The van der Waals surface area contributed by atoms with Crippen LogP contribution in [0.4, 0.5) is 0 Å². The SMILES string of the molecule is N#[C][Fe]([C]#N)([C]#N)([C]#N)([C]#N)([C]#N)[C]#N. The minimum atomic E-state index is -7.53. The molecule has 0 amide bonds. The molecule has 8 heteroatoms. The Kier molecular flexibility index (Phi) is 1.39. The summed E-state index contributed by atoms with van der Waals surface area (Å²) in [6.07, 6.45) is 0. The van der Waals surface area contributed by atoms with Crippen molar-refractivity contribution in [1.29, 1.82) is 36.8 Å². The molecule has 0 bridgehead atoms. The average Bonchev–Trinajstić information content (AvgIpc) is 2.38. The number of hydrogen-bond donors (Lipinski definition) is 0. The molecule has 7 nitrogen and oxygen atoms in total. The van der Waals surface area contributed by atoms with Crippen LogP contribution >= 0.6 is 0 Å². The van der Waals surface area contributed by atoms with E-state index in [-0.39, 0.29) is 0 Å². The van der Waals surface area contributed by atoms with Gasteiger partial charge in [-0.1, -0.05) is 0 Å². The molecule has 0 rings (SSSR count). The van der Waals surface area contributed by atoms with Crippen LogP contribution in [0.2, 0.25) is 0 Å². The van der Waals surface area contributed by atoms with Gasteiger partial charge in [-0.15, -0.1) is 0 Å². The predicted molar refractivity (Wildman–Crippen MR) is 39.3 cm³/mol. The summed E-state index contributed by atoms with van der Waals surface area (Å²) in [5.41, 5.74) is 0. The van der Waals surface area contributed by atoms with Crippen LogP contribution in [0.25, 0.3) is 0 Å². The molecule has 0 radical (unpaired) electrons. The zero-order valence-electron chi connectivity index (χ0n) is 6.98. The van der Waals surface area contributed by atoms with Crippen LogP contribution in [0.15, 0.2) is 0 Å². The van der Waals surface area contributed by atoms with Crippen molar-refractivity contribution in [2.24, 2.45) is 0 Å². The van der Waals surface area contributed by atoms with Crippen molar-refractivity contribution in [2.45, 2.75) is 0 Å². The Morgan fingerprint density at radius 1 is 0.400 bits per heavy atom. The predicted octanol–water partition coefficient (Wildman–Crippen LogP) is 0.115. The quantitative estimate of drug-likeness (QED) is 0.539. The van der Waals surface area contributed by atoms with Crippen molar-refractivity contribution in [3.05, 3.63) is 0 Å². The fraction of sp³-hybridized carbons (Fsp3) is 0. The van der Waals surface area contributed by atoms with Gasteiger partial charge < -0.3 is 0 Å². The fourth-order valence-corrected chi connectivity index (χ4v) is 1.53. The second-order valence-corrected chi connectivity index (χ2v) is 9.93. The van der Waals surface area contributed by atoms with Gasteiger partial charge in [-0.25, -0.2) is 0 Å². The molecule has 0 saturated heterocycles.